The van der Waals surface area contributed by atoms with E-state index in [-0.39, 0.29) is 10.9 Å². The molecule has 0 bridgehead atoms. The van der Waals surface area contributed by atoms with Gasteiger partial charge in [0.05, 0.1) is 4.90 Å². The van der Waals surface area contributed by atoms with E-state index in [2.05, 4.69) is 41.1 Å². The molecule has 7 heteroatoms. The topological polar surface area (TPSA) is 82.6 Å². The van der Waals surface area contributed by atoms with E-state index < -0.39 is 15.6 Å². The fourth-order valence-electron chi connectivity index (χ4n) is 2.13. The van der Waals surface area contributed by atoms with Gasteiger partial charge in [0.15, 0.2) is 5.96 Å². The van der Waals surface area contributed by atoms with Crippen molar-refractivity contribution in [3.8, 4) is 0 Å². The molecule has 6 nitrogen and oxygen atoms in total. The zero-order chi connectivity index (χ0) is 19.3. The molecule has 1 aromatic carbocycles. The van der Waals surface area contributed by atoms with Crippen molar-refractivity contribution in [2.24, 2.45) is 10.9 Å². The fraction of sp³-hybridized carbons (Fsp3) is 0.611. The maximum Gasteiger partial charge on any atom is 0.241 e. The number of sulfonamides is 1. The van der Waals surface area contributed by atoms with E-state index in [0.29, 0.717) is 24.0 Å². The second kappa shape index (κ2) is 8.67. The summed E-state index contributed by atoms with van der Waals surface area (Å²) >= 11 is 0. The molecule has 0 aromatic heterocycles. The van der Waals surface area contributed by atoms with Crippen LogP contribution in [0.1, 0.15) is 47.1 Å². The fourth-order valence-corrected chi connectivity index (χ4v) is 3.79. The van der Waals surface area contributed by atoms with Crippen molar-refractivity contribution in [3.63, 3.8) is 0 Å². The third-order valence-electron chi connectivity index (χ3n) is 3.74. The summed E-state index contributed by atoms with van der Waals surface area (Å²) in [5.41, 5.74) is 0.156. The molecule has 0 aliphatic carbocycles. The maximum atomic E-state index is 12.7. The smallest absolute Gasteiger partial charge is 0.241 e. The quantitative estimate of drug-likeness (QED) is 0.532. The van der Waals surface area contributed by atoms with Crippen molar-refractivity contribution in [2.45, 2.75) is 64.6 Å². The van der Waals surface area contributed by atoms with Gasteiger partial charge >= 0.3 is 0 Å². The Hall–Kier alpha value is -1.60. The van der Waals surface area contributed by atoms with Gasteiger partial charge in [-0.15, -0.1) is 0 Å². The van der Waals surface area contributed by atoms with E-state index in [9.17, 15) is 8.42 Å². The van der Waals surface area contributed by atoms with Crippen molar-refractivity contribution in [1.29, 1.82) is 0 Å². The Morgan fingerprint density at radius 2 is 1.76 bits per heavy atom. The van der Waals surface area contributed by atoms with E-state index in [1.807, 2.05) is 32.9 Å². The lowest BCUT2D eigenvalue weighted by Gasteiger charge is -2.23. The second-order valence-corrected chi connectivity index (χ2v) is 9.22. The van der Waals surface area contributed by atoms with Crippen LogP contribution in [0.5, 0.6) is 0 Å². The molecule has 1 atom stereocenters. The monoisotopic (exact) mass is 368 g/mol. The number of nitrogens with one attached hydrogen (secondary N) is 3. The third kappa shape index (κ3) is 7.04. The number of nitrogens with zero attached hydrogens (tertiary/aromatic N) is 1. The number of guanidine groups is 1. The summed E-state index contributed by atoms with van der Waals surface area (Å²) in [6.45, 7) is 12.2. The standard InChI is InChI=1S/C18H32N4O2S/c1-13(2)14(3)21-17(19-7)20-12-15-10-8-9-11-16(15)25(23,24)22-18(4,5)6/h8-11,13-14,22H,12H2,1-7H3,(H2,19,20,21). The van der Waals surface area contributed by atoms with Crippen LogP contribution in [-0.2, 0) is 16.6 Å². The van der Waals surface area contributed by atoms with Gasteiger partial charge in [-0.05, 0) is 45.2 Å². The van der Waals surface area contributed by atoms with Crippen LogP contribution >= 0.6 is 0 Å². The predicted molar refractivity (Wildman–Crippen MR) is 104 cm³/mol. The van der Waals surface area contributed by atoms with Gasteiger partial charge in [-0.3, -0.25) is 4.99 Å². The molecule has 0 amide bonds. The van der Waals surface area contributed by atoms with E-state index in [0.717, 1.165) is 0 Å². The summed E-state index contributed by atoms with van der Waals surface area (Å²) < 4.78 is 28.0. The van der Waals surface area contributed by atoms with Gasteiger partial charge in [0.2, 0.25) is 10.0 Å². The first kappa shape index (κ1) is 21.4. The van der Waals surface area contributed by atoms with E-state index in [1.165, 1.54) is 0 Å². The third-order valence-corrected chi connectivity index (χ3v) is 5.60. The zero-order valence-corrected chi connectivity index (χ0v) is 17.2. The summed E-state index contributed by atoms with van der Waals surface area (Å²) in [6.07, 6.45) is 0. The second-order valence-electron chi connectivity index (χ2n) is 7.57. The molecule has 1 aromatic rings. The van der Waals surface area contributed by atoms with E-state index in [4.69, 9.17) is 0 Å². The van der Waals surface area contributed by atoms with Gasteiger partial charge in [0.1, 0.15) is 0 Å². The Kier molecular flexibility index (Phi) is 7.44. The summed E-state index contributed by atoms with van der Waals surface area (Å²) in [5.74, 6) is 1.11. The summed E-state index contributed by atoms with van der Waals surface area (Å²) in [5, 5.41) is 6.50. The molecule has 3 N–H and O–H groups in total. The molecule has 0 spiro atoms. The molecular weight excluding hydrogens is 336 g/mol. The van der Waals surface area contributed by atoms with E-state index >= 15 is 0 Å². The predicted octanol–water partition coefficient (Wildman–Crippen LogP) is 2.47. The molecule has 0 fully saturated rings. The lowest BCUT2D eigenvalue weighted by atomic mass is 10.1. The van der Waals surface area contributed by atoms with Crippen LogP contribution in [0.3, 0.4) is 0 Å². The highest BCUT2D eigenvalue weighted by molar-refractivity contribution is 7.89. The molecule has 0 radical (unpaired) electrons. The number of benzene rings is 1. The minimum absolute atomic E-state index is 0.257. The number of hydrogen-bond donors (Lipinski definition) is 3. The van der Waals surface area contributed by atoms with Crippen LogP contribution in [0.2, 0.25) is 0 Å². The molecule has 25 heavy (non-hydrogen) atoms. The first-order valence-electron chi connectivity index (χ1n) is 8.55. The van der Waals surface area contributed by atoms with Crippen LogP contribution in [-0.4, -0.2) is 33.0 Å². The van der Waals surface area contributed by atoms with Crippen LogP contribution in [0.15, 0.2) is 34.2 Å². The Morgan fingerprint density at radius 3 is 2.28 bits per heavy atom. The van der Waals surface area contributed by atoms with Gasteiger partial charge in [0.25, 0.3) is 0 Å². The zero-order valence-electron chi connectivity index (χ0n) is 16.3. The van der Waals surface area contributed by atoms with Gasteiger partial charge in [-0.1, -0.05) is 32.0 Å². The van der Waals surface area contributed by atoms with Crippen LogP contribution < -0.4 is 15.4 Å². The van der Waals surface area contributed by atoms with Crippen molar-refractivity contribution in [2.75, 3.05) is 7.05 Å². The molecule has 0 aliphatic rings. The first-order chi connectivity index (χ1) is 11.5. The van der Waals surface area contributed by atoms with Crippen molar-refractivity contribution < 1.29 is 8.42 Å². The molecule has 142 valence electrons. The lowest BCUT2D eigenvalue weighted by molar-refractivity contribution is 0.480. The van der Waals surface area contributed by atoms with Crippen LogP contribution in [0.4, 0.5) is 0 Å². The molecule has 0 saturated carbocycles. The van der Waals surface area contributed by atoms with Crippen LogP contribution in [0.25, 0.3) is 0 Å². The summed E-state index contributed by atoms with van der Waals surface area (Å²) in [7, 11) is -1.89. The highest BCUT2D eigenvalue weighted by atomic mass is 32.2. The van der Waals surface area contributed by atoms with Crippen molar-refractivity contribution in [3.05, 3.63) is 29.8 Å². The SMILES string of the molecule is CN=C(NCc1ccccc1S(=O)(=O)NC(C)(C)C)NC(C)C(C)C. The summed E-state index contributed by atoms with van der Waals surface area (Å²) in [4.78, 5) is 4.49. The van der Waals surface area contributed by atoms with Gasteiger partial charge in [0, 0.05) is 25.2 Å². The molecule has 1 unspecified atom stereocenters. The lowest BCUT2D eigenvalue weighted by Crippen LogP contribution is -2.44. The Labute approximate surface area is 152 Å². The highest BCUT2D eigenvalue weighted by Gasteiger charge is 2.24. The van der Waals surface area contributed by atoms with Crippen LogP contribution in [0, 0.1) is 5.92 Å². The normalized spacial score (nSPS) is 14.5. The number of hydrogen-bond acceptors (Lipinski definition) is 3. The molecule has 0 saturated heterocycles. The Morgan fingerprint density at radius 1 is 1.16 bits per heavy atom. The highest BCUT2D eigenvalue weighted by Crippen LogP contribution is 2.17. The van der Waals surface area contributed by atoms with Gasteiger partial charge in [-0.25, -0.2) is 13.1 Å². The maximum absolute atomic E-state index is 12.7. The Balaban J connectivity index is 2.94. The summed E-state index contributed by atoms with van der Waals surface area (Å²) in [6, 6.07) is 7.25. The van der Waals surface area contributed by atoms with Crippen molar-refractivity contribution >= 4 is 16.0 Å². The molecule has 1 rings (SSSR count). The van der Waals surface area contributed by atoms with Crippen molar-refractivity contribution in [1.82, 2.24) is 15.4 Å². The molecule has 0 heterocycles. The minimum Gasteiger partial charge on any atom is -0.354 e. The minimum atomic E-state index is -3.59. The number of rotatable bonds is 6. The average molecular weight is 369 g/mol. The van der Waals surface area contributed by atoms with E-state index in [1.54, 1.807) is 19.2 Å². The average Bonchev–Trinajstić information content (AvgIpc) is 2.48. The first-order valence-corrected chi connectivity index (χ1v) is 10.0. The number of aliphatic imine (C=N–C) groups is 1. The van der Waals surface area contributed by atoms with Gasteiger partial charge < -0.3 is 10.6 Å². The van der Waals surface area contributed by atoms with Gasteiger partial charge in [-0.2, -0.15) is 0 Å². The largest absolute Gasteiger partial charge is 0.354 e. The molecule has 0 aliphatic heterocycles. The molecular formula is C18H32N4O2S. The Bertz CT molecular complexity index is 691.